The van der Waals surface area contributed by atoms with Crippen molar-refractivity contribution in [1.82, 2.24) is 4.90 Å². The first-order valence-corrected chi connectivity index (χ1v) is 5.47. The Hall–Kier alpha value is -0.930. The number of thiocarbonyl (C=S) groups is 1. The van der Waals surface area contributed by atoms with Crippen LogP contribution in [-0.4, -0.2) is 23.0 Å². The van der Waals surface area contributed by atoms with Crippen LogP contribution < -0.4 is 5.73 Å². The van der Waals surface area contributed by atoms with Crippen molar-refractivity contribution < 1.29 is 0 Å². The van der Waals surface area contributed by atoms with Crippen molar-refractivity contribution in [3.63, 3.8) is 0 Å². The minimum atomic E-state index is 0.139. The summed E-state index contributed by atoms with van der Waals surface area (Å²) < 4.78 is 0. The normalized spacial score (nSPS) is 12.8. The van der Waals surface area contributed by atoms with Crippen LogP contribution in [0.25, 0.3) is 0 Å². The molecule has 0 saturated heterocycles. The first kappa shape index (κ1) is 12.1. The largest absolute Gasteiger partial charge is 0.392 e. The molecule has 1 aromatic rings. The second kappa shape index (κ2) is 5.24. The zero-order valence-electron chi connectivity index (χ0n) is 9.53. The minimum Gasteiger partial charge on any atom is -0.392 e. The average Bonchev–Trinajstić information content (AvgIpc) is 2.20. The molecule has 15 heavy (non-hydrogen) atoms. The van der Waals surface area contributed by atoms with Gasteiger partial charge in [0.2, 0.25) is 0 Å². The van der Waals surface area contributed by atoms with Crippen molar-refractivity contribution >= 4 is 17.2 Å². The molecule has 0 aliphatic heterocycles. The van der Waals surface area contributed by atoms with Gasteiger partial charge in [-0.15, -0.1) is 0 Å². The van der Waals surface area contributed by atoms with Crippen LogP contribution in [0.5, 0.6) is 0 Å². The number of nitrogens with two attached hydrogens (primary N) is 1. The summed E-state index contributed by atoms with van der Waals surface area (Å²) in [5.74, 6) is 0. The van der Waals surface area contributed by atoms with E-state index in [1.807, 2.05) is 14.0 Å². The van der Waals surface area contributed by atoms with Gasteiger partial charge in [-0.25, -0.2) is 0 Å². The summed E-state index contributed by atoms with van der Waals surface area (Å²) >= 11 is 4.98. The molecule has 0 aromatic heterocycles. The van der Waals surface area contributed by atoms with Crippen molar-refractivity contribution in [1.29, 1.82) is 0 Å². The highest BCUT2D eigenvalue weighted by Gasteiger charge is 2.12. The predicted molar refractivity (Wildman–Crippen MR) is 68.9 cm³/mol. The standard InChI is InChI=1S/C12H18N2S/c1-9-6-4-5-7-11(9)8-14(3)10(2)12(13)15/h4-7,10H,8H2,1-3H3,(H2,13,15). The fourth-order valence-corrected chi connectivity index (χ4v) is 1.59. The first-order chi connectivity index (χ1) is 7.02. The third-order valence-electron chi connectivity index (χ3n) is 2.75. The topological polar surface area (TPSA) is 29.3 Å². The Labute approximate surface area is 97.1 Å². The zero-order chi connectivity index (χ0) is 11.4. The fourth-order valence-electron chi connectivity index (χ4n) is 1.41. The van der Waals surface area contributed by atoms with Gasteiger partial charge < -0.3 is 5.73 Å². The highest BCUT2D eigenvalue weighted by atomic mass is 32.1. The monoisotopic (exact) mass is 222 g/mol. The number of aryl methyl sites for hydroxylation is 1. The minimum absolute atomic E-state index is 0.139. The maximum atomic E-state index is 5.62. The van der Waals surface area contributed by atoms with Gasteiger partial charge in [0.15, 0.2) is 0 Å². The van der Waals surface area contributed by atoms with E-state index in [0.29, 0.717) is 4.99 Å². The Bertz CT molecular complexity index is 349. The van der Waals surface area contributed by atoms with E-state index < -0.39 is 0 Å². The SMILES string of the molecule is Cc1ccccc1CN(C)C(C)C(N)=S. The van der Waals surface area contributed by atoms with Crippen LogP contribution >= 0.6 is 12.2 Å². The van der Waals surface area contributed by atoms with E-state index in [0.717, 1.165) is 6.54 Å². The molecule has 2 N–H and O–H groups in total. The Kier molecular flexibility index (Phi) is 4.24. The van der Waals surface area contributed by atoms with Gasteiger partial charge in [-0.2, -0.15) is 0 Å². The van der Waals surface area contributed by atoms with E-state index in [9.17, 15) is 0 Å². The highest BCUT2D eigenvalue weighted by Crippen LogP contribution is 2.11. The zero-order valence-corrected chi connectivity index (χ0v) is 10.3. The smallest absolute Gasteiger partial charge is 0.0899 e. The number of rotatable bonds is 4. The molecule has 0 aliphatic rings. The summed E-state index contributed by atoms with van der Waals surface area (Å²) in [6.07, 6.45) is 0. The molecule has 0 fully saturated rings. The molecular formula is C12H18N2S. The third kappa shape index (κ3) is 3.29. The molecule has 0 amide bonds. The first-order valence-electron chi connectivity index (χ1n) is 5.06. The Balaban J connectivity index is 2.70. The molecule has 1 atom stereocenters. The van der Waals surface area contributed by atoms with Crippen LogP contribution in [0.4, 0.5) is 0 Å². The third-order valence-corrected chi connectivity index (χ3v) is 3.10. The number of hydrogen-bond donors (Lipinski definition) is 1. The molecule has 0 saturated carbocycles. The summed E-state index contributed by atoms with van der Waals surface area (Å²) in [6, 6.07) is 8.50. The van der Waals surface area contributed by atoms with E-state index in [2.05, 4.69) is 36.1 Å². The summed E-state index contributed by atoms with van der Waals surface area (Å²) in [4.78, 5) is 2.70. The highest BCUT2D eigenvalue weighted by molar-refractivity contribution is 7.80. The van der Waals surface area contributed by atoms with Crippen molar-refractivity contribution in [3.8, 4) is 0 Å². The molecule has 3 heteroatoms. The average molecular weight is 222 g/mol. The maximum absolute atomic E-state index is 5.62. The van der Waals surface area contributed by atoms with Gasteiger partial charge in [-0.1, -0.05) is 36.5 Å². The second-order valence-electron chi connectivity index (χ2n) is 3.92. The van der Waals surface area contributed by atoms with E-state index in [1.54, 1.807) is 0 Å². The van der Waals surface area contributed by atoms with E-state index in [1.165, 1.54) is 11.1 Å². The van der Waals surface area contributed by atoms with Crippen molar-refractivity contribution in [2.24, 2.45) is 5.73 Å². The van der Waals surface area contributed by atoms with Crippen LogP contribution in [0.2, 0.25) is 0 Å². The van der Waals surface area contributed by atoms with Crippen molar-refractivity contribution in [2.45, 2.75) is 26.4 Å². The molecule has 0 bridgehead atoms. The molecule has 1 aromatic carbocycles. The lowest BCUT2D eigenvalue weighted by molar-refractivity contribution is 0.303. The molecular weight excluding hydrogens is 204 g/mol. The molecule has 2 nitrogen and oxygen atoms in total. The van der Waals surface area contributed by atoms with Gasteiger partial charge in [0.25, 0.3) is 0 Å². The molecule has 0 spiro atoms. The van der Waals surface area contributed by atoms with Gasteiger partial charge in [0, 0.05) is 6.54 Å². The van der Waals surface area contributed by atoms with Gasteiger partial charge in [-0.3, -0.25) is 4.90 Å². The van der Waals surface area contributed by atoms with E-state index in [4.69, 9.17) is 18.0 Å². The number of hydrogen-bond acceptors (Lipinski definition) is 2. The Morgan fingerprint density at radius 2 is 2.07 bits per heavy atom. The summed E-state index contributed by atoms with van der Waals surface area (Å²) in [5.41, 5.74) is 8.25. The predicted octanol–water partition coefficient (Wildman–Crippen LogP) is 2.10. The number of likely N-dealkylation sites (N-methyl/N-ethyl adjacent to an activating group) is 1. The second-order valence-corrected chi connectivity index (χ2v) is 4.39. The van der Waals surface area contributed by atoms with Gasteiger partial charge in [-0.05, 0) is 32.0 Å². The molecule has 1 unspecified atom stereocenters. The van der Waals surface area contributed by atoms with Crippen LogP contribution in [0.3, 0.4) is 0 Å². The lowest BCUT2D eigenvalue weighted by atomic mass is 10.1. The molecule has 0 radical (unpaired) electrons. The van der Waals surface area contributed by atoms with Gasteiger partial charge in [0.05, 0.1) is 11.0 Å². The van der Waals surface area contributed by atoms with Crippen LogP contribution in [0.15, 0.2) is 24.3 Å². The summed E-state index contributed by atoms with van der Waals surface area (Å²) in [5, 5.41) is 0. The summed E-state index contributed by atoms with van der Waals surface area (Å²) in [7, 11) is 2.04. The quantitative estimate of drug-likeness (QED) is 0.791. The van der Waals surface area contributed by atoms with Crippen molar-refractivity contribution in [2.75, 3.05) is 7.05 Å². The lowest BCUT2D eigenvalue weighted by Crippen LogP contribution is -2.38. The van der Waals surface area contributed by atoms with Gasteiger partial charge in [0.1, 0.15) is 0 Å². The molecule has 0 aliphatic carbocycles. The van der Waals surface area contributed by atoms with E-state index >= 15 is 0 Å². The van der Waals surface area contributed by atoms with Crippen LogP contribution in [0, 0.1) is 6.92 Å². The molecule has 1 rings (SSSR count). The summed E-state index contributed by atoms with van der Waals surface area (Å²) in [6.45, 7) is 5.03. The molecule has 82 valence electrons. The van der Waals surface area contributed by atoms with Crippen LogP contribution in [-0.2, 0) is 6.54 Å². The molecule has 0 heterocycles. The fraction of sp³-hybridized carbons (Fsp3) is 0.417. The van der Waals surface area contributed by atoms with Crippen molar-refractivity contribution in [3.05, 3.63) is 35.4 Å². The number of nitrogens with zero attached hydrogens (tertiary/aromatic N) is 1. The van der Waals surface area contributed by atoms with E-state index in [-0.39, 0.29) is 6.04 Å². The van der Waals surface area contributed by atoms with Crippen LogP contribution in [0.1, 0.15) is 18.1 Å². The van der Waals surface area contributed by atoms with Gasteiger partial charge >= 0.3 is 0 Å². The Morgan fingerprint density at radius 1 is 1.47 bits per heavy atom. The maximum Gasteiger partial charge on any atom is 0.0899 e. The lowest BCUT2D eigenvalue weighted by Gasteiger charge is -2.24. The number of benzene rings is 1. The Morgan fingerprint density at radius 3 is 2.60 bits per heavy atom.